The van der Waals surface area contributed by atoms with Crippen molar-refractivity contribution in [3.8, 4) is 5.75 Å². The lowest BCUT2D eigenvalue weighted by Crippen LogP contribution is -2.34. The Kier molecular flexibility index (Phi) is 6.01. The number of rotatable bonds is 7. The molecule has 3 heteroatoms. The Morgan fingerprint density at radius 1 is 1.05 bits per heavy atom. The third-order valence-electron chi connectivity index (χ3n) is 3.72. The number of carbonyl (C=O) groups excluding carboxylic acids is 1. The van der Waals surface area contributed by atoms with Crippen molar-refractivity contribution in [2.75, 3.05) is 20.2 Å². The van der Waals surface area contributed by atoms with Crippen molar-refractivity contribution >= 4 is 5.91 Å². The molecule has 1 amide bonds. The Balaban J connectivity index is 1.88. The predicted octanol–water partition coefficient (Wildman–Crippen LogP) is 3.72. The van der Waals surface area contributed by atoms with E-state index in [4.69, 9.17) is 4.74 Å². The highest BCUT2D eigenvalue weighted by atomic mass is 16.5. The van der Waals surface area contributed by atoms with Crippen LogP contribution in [0.2, 0.25) is 0 Å². The SMILES string of the molecule is CCC(C(=O)N(C)CCOc1ccccc1)c1ccccc1. The van der Waals surface area contributed by atoms with Crippen LogP contribution in [-0.4, -0.2) is 31.0 Å². The zero-order valence-electron chi connectivity index (χ0n) is 13.2. The summed E-state index contributed by atoms with van der Waals surface area (Å²) in [5.41, 5.74) is 1.07. The van der Waals surface area contributed by atoms with Gasteiger partial charge in [0, 0.05) is 7.05 Å². The number of carbonyl (C=O) groups is 1. The fourth-order valence-corrected chi connectivity index (χ4v) is 2.43. The zero-order chi connectivity index (χ0) is 15.8. The van der Waals surface area contributed by atoms with Gasteiger partial charge >= 0.3 is 0 Å². The molecule has 0 heterocycles. The Bertz CT molecular complexity index is 569. The molecular weight excluding hydrogens is 274 g/mol. The summed E-state index contributed by atoms with van der Waals surface area (Å²) in [4.78, 5) is 14.3. The predicted molar refractivity (Wildman–Crippen MR) is 89.0 cm³/mol. The number of hydrogen-bond acceptors (Lipinski definition) is 2. The van der Waals surface area contributed by atoms with Gasteiger partial charge in [0.2, 0.25) is 5.91 Å². The Morgan fingerprint density at radius 2 is 1.64 bits per heavy atom. The van der Waals surface area contributed by atoms with Crippen LogP contribution < -0.4 is 4.74 Å². The van der Waals surface area contributed by atoms with Gasteiger partial charge in [-0.15, -0.1) is 0 Å². The first-order valence-corrected chi connectivity index (χ1v) is 7.70. The lowest BCUT2D eigenvalue weighted by atomic mass is 9.95. The molecule has 0 spiro atoms. The third-order valence-corrected chi connectivity index (χ3v) is 3.72. The number of para-hydroxylation sites is 1. The Hall–Kier alpha value is -2.29. The van der Waals surface area contributed by atoms with E-state index >= 15 is 0 Å². The molecule has 2 rings (SSSR count). The minimum Gasteiger partial charge on any atom is -0.492 e. The maximum absolute atomic E-state index is 12.6. The maximum Gasteiger partial charge on any atom is 0.229 e. The molecule has 0 aliphatic rings. The first-order chi connectivity index (χ1) is 10.7. The second-order valence-electron chi connectivity index (χ2n) is 5.29. The van der Waals surface area contributed by atoms with E-state index in [1.165, 1.54) is 0 Å². The van der Waals surface area contributed by atoms with E-state index in [0.29, 0.717) is 13.2 Å². The number of likely N-dealkylation sites (N-methyl/N-ethyl adjacent to an activating group) is 1. The molecule has 1 atom stereocenters. The average Bonchev–Trinajstić information content (AvgIpc) is 2.57. The van der Waals surface area contributed by atoms with Crippen molar-refractivity contribution in [2.45, 2.75) is 19.3 Å². The number of benzene rings is 2. The second-order valence-corrected chi connectivity index (χ2v) is 5.29. The quantitative estimate of drug-likeness (QED) is 0.779. The van der Waals surface area contributed by atoms with Crippen molar-refractivity contribution in [3.05, 3.63) is 66.2 Å². The summed E-state index contributed by atoms with van der Waals surface area (Å²) in [6.45, 7) is 3.12. The zero-order valence-corrected chi connectivity index (χ0v) is 13.2. The van der Waals surface area contributed by atoms with Crippen molar-refractivity contribution in [2.24, 2.45) is 0 Å². The number of nitrogens with zero attached hydrogens (tertiary/aromatic N) is 1. The van der Waals surface area contributed by atoms with Gasteiger partial charge in [-0.25, -0.2) is 0 Å². The van der Waals surface area contributed by atoms with E-state index < -0.39 is 0 Å². The van der Waals surface area contributed by atoms with Crippen molar-refractivity contribution in [1.29, 1.82) is 0 Å². The standard InChI is InChI=1S/C19H23NO2/c1-3-18(16-10-6-4-7-11-16)19(21)20(2)14-15-22-17-12-8-5-9-13-17/h4-13,18H,3,14-15H2,1-2H3. The second kappa shape index (κ2) is 8.23. The van der Waals surface area contributed by atoms with Gasteiger partial charge in [0.1, 0.15) is 12.4 Å². The monoisotopic (exact) mass is 297 g/mol. The Morgan fingerprint density at radius 3 is 2.23 bits per heavy atom. The van der Waals surface area contributed by atoms with Crippen LogP contribution in [0.5, 0.6) is 5.75 Å². The summed E-state index contributed by atoms with van der Waals surface area (Å²) in [5.74, 6) is 0.895. The topological polar surface area (TPSA) is 29.5 Å². The molecule has 0 bridgehead atoms. The van der Waals surface area contributed by atoms with Gasteiger partial charge in [0.15, 0.2) is 0 Å². The molecule has 0 aromatic heterocycles. The summed E-state index contributed by atoms with van der Waals surface area (Å²) in [6, 6.07) is 19.6. The summed E-state index contributed by atoms with van der Waals surface area (Å²) >= 11 is 0. The molecule has 0 aliphatic carbocycles. The van der Waals surface area contributed by atoms with Crippen LogP contribution in [0.4, 0.5) is 0 Å². The molecule has 0 saturated carbocycles. The largest absolute Gasteiger partial charge is 0.492 e. The van der Waals surface area contributed by atoms with Crippen molar-refractivity contribution in [3.63, 3.8) is 0 Å². The summed E-state index contributed by atoms with van der Waals surface area (Å²) in [6.07, 6.45) is 0.798. The lowest BCUT2D eigenvalue weighted by Gasteiger charge is -2.23. The molecule has 1 unspecified atom stereocenters. The fraction of sp³-hybridized carbons (Fsp3) is 0.316. The third kappa shape index (κ3) is 4.35. The van der Waals surface area contributed by atoms with Gasteiger partial charge in [-0.3, -0.25) is 4.79 Å². The van der Waals surface area contributed by atoms with Crippen LogP contribution in [0.3, 0.4) is 0 Å². The molecule has 22 heavy (non-hydrogen) atoms. The normalized spacial score (nSPS) is 11.7. The molecule has 0 N–H and O–H groups in total. The fourth-order valence-electron chi connectivity index (χ4n) is 2.43. The molecule has 116 valence electrons. The molecule has 2 aromatic rings. The first-order valence-electron chi connectivity index (χ1n) is 7.70. The highest BCUT2D eigenvalue weighted by Crippen LogP contribution is 2.21. The van der Waals surface area contributed by atoms with E-state index in [0.717, 1.165) is 17.7 Å². The summed E-state index contributed by atoms with van der Waals surface area (Å²) in [7, 11) is 1.84. The van der Waals surface area contributed by atoms with Crippen LogP contribution in [-0.2, 0) is 4.79 Å². The van der Waals surface area contributed by atoms with Crippen LogP contribution in [0.15, 0.2) is 60.7 Å². The van der Waals surface area contributed by atoms with E-state index in [2.05, 4.69) is 0 Å². The van der Waals surface area contributed by atoms with Gasteiger partial charge in [-0.2, -0.15) is 0 Å². The van der Waals surface area contributed by atoms with E-state index in [9.17, 15) is 4.79 Å². The average molecular weight is 297 g/mol. The van der Waals surface area contributed by atoms with Crippen LogP contribution in [0.25, 0.3) is 0 Å². The smallest absolute Gasteiger partial charge is 0.229 e. The molecule has 0 saturated heterocycles. The molecule has 2 aromatic carbocycles. The lowest BCUT2D eigenvalue weighted by molar-refractivity contribution is -0.131. The highest BCUT2D eigenvalue weighted by molar-refractivity contribution is 5.83. The van der Waals surface area contributed by atoms with Gasteiger partial charge in [0.25, 0.3) is 0 Å². The van der Waals surface area contributed by atoms with Crippen LogP contribution in [0.1, 0.15) is 24.8 Å². The summed E-state index contributed by atoms with van der Waals surface area (Å²) < 4.78 is 5.65. The first kappa shape index (κ1) is 16.1. The van der Waals surface area contributed by atoms with Gasteiger partial charge in [0.05, 0.1) is 12.5 Å². The van der Waals surface area contributed by atoms with Gasteiger partial charge in [-0.05, 0) is 24.1 Å². The molecule has 0 radical (unpaired) electrons. The van der Waals surface area contributed by atoms with Crippen molar-refractivity contribution in [1.82, 2.24) is 4.90 Å². The van der Waals surface area contributed by atoms with Gasteiger partial charge < -0.3 is 9.64 Å². The Labute approximate surface area is 132 Å². The van der Waals surface area contributed by atoms with Gasteiger partial charge in [-0.1, -0.05) is 55.5 Å². The maximum atomic E-state index is 12.6. The molecule has 0 aliphatic heterocycles. The highest BCUT2D eigenvalue weighted by Gasteiger charge is 2.21. The van der Waals surface area contributed by atoms with Crippen LogP contribution >= 0.6 is 0 Å². The van der Waals surface area contributed by atoms with E-state index in [1.54, 1.807) is 4.90 Å². The molecule has 0 fully saturated rings. The molecular formula is C19H23NO2. The minimum absolute atomic E-state index is 0.0806. The van der Waals surface area contributed by atoms with E-state index in [1.807, 2.05) is 74.6 Å². The minimum atomic E-state index is -0.0806. The number of hydrogen-bond donors (Lipinski definition) is 0. The van der Waals surface area contributed by atoms with Crippen LogP contribution in [0, 0.1) is 0 Å². The van der Waals surface area contributed by atoms with E-state index in [-0.39, 0.29) is 11.8 Å². The summed E-state index contributed by atoms with van der Waals surface area (Å²) in [5, 5.41) is 0. The molecule has 3 nitrogen and oxygen atoms in total. The van der Waals surface area contributed by atoms with Crippen molar-refractivity contribution < 1.29 is 9.53 Å². The number of ether oxygens (including phenoxy) is 1. The number of amides is 1.